The molecular weight excluding hydrogens is 394 g/mol. The highest BCUT2D eigenvalue weighted by Crippen LogP contribution is 2.32. The largest absolute Gasteiger partial charge is 0.465 e. The third-order valence-electron chi connectivity index (χ3n) is 4.18. The van der Waals surface area contributed by atoms with Crippen LogP contribution in [0.2, 0.25) is 0 Å². The van der Waals surface area contributed by atoms with E-state index in [0.29, 0.717) is 28.2 Å². The second-order valence-electron chi connectivity index (χ2n) is 7.73. The normalized spacial score (nSPS) is 16.6. The summed E-state index contributed by atoms with van der Waals surface area (Å²) in [6.45, 7) is 8.01. The number of carbonyl (C=O) groups is 2. The van der Waals surface area contributed by atoms with Crippen molar-refractivity contribution in [1.29, 1.82) is 0 Å². The average Bonchev–Trinajstić information content (AvgIpc) is 3.28. The topological polar surface area (TPSA) is 107 Å². The Kier molecular flexibility index (Phi) is 6.02. The highest BCUT2D eigenvalue weighted by Gasteiger charge is 2.35. The molecule has 1 atom stereocenters. The molecule has 156 valence electrons. The number of aromatic nitrogens is 3. The Morgan fingerprint density at radius 2 is 2.07 bits per heavy atom. The monoisotopic (exact) mass is 419 g/mol. The van der Waals surface area contributed by atoms with Crippen molar-refractivity contribution in [3.63, 3.8) is 0 Å². The molecule has 2 aromatic heterocycles. The maximum Gasteiger partial charge on any atom is 0.410 e. The lowest BCUT2D eigenvalue weighted by atomic mass is 10.2. The van der Waals surface area contributed by atoms with E-state index in [1.165, 1.54) is 24.6 Å². The number of ether oxygens (including phenoxy) is 2. The maximum atomic E-state index is 12.6. The minimum absolute atomic E-state index is 0.243. The van der Waals surface area contributed by atoms with Crippen molar-refractivity contribution in [3.05, 3.63) is 28.7 Å². The van der Waals surface area contributed by atoms with E-state index in [9.17, 15) is 9.59 Å². The van der Waals surface area contributed by atoms with Crippen LogP contribution in [0, 0.1) is 6.92 Å². The minimum Gasteiger partial charge on any atom is -0.465 e. The number of nitrogens with one attached hydrogen (secondary N) is 1. The molecule has 1 N–H and O–H groups in total. The van der Waals surface area contributed by atoms with E-state index in [0.717, 1.165) is 18.5 Å². The molecule has 3 heterocycles. The van der Waals surface area contributed by atoms with Crippen LogP contribution in [0.25, 0.3) is 0 Å². The third kappa shape index (κ3) is 5.20. The first-order valence-electron chi connectivity index (χ1n) is 9.32. The molecule has 29 heavy (non-hydrogen) atoms. The fourth-order valence-electron chi connectivity index (χ4n) is 3.02. The summed E-state index contributed by atoms with van der Waals surface area (Å²) in [5.74, 6) is 0.670. The van der Waals surface area contributed by atoms with Crippen molar-refractivity contribution in [2.75, 3.05) is 19.0 Å². The summed E-state index contributed by atoms with van der Waals surface area (Å²) in [6.07, 6.45) is 2.72. The number of anilines is 2. The Balaban J connectivity index is 1.80. The van der Waals surface area contributed by atoms with E-state index in [1.54, 1.807) is 11.0 Å². The summed E-state index contributed by atoms with van der Waals surface area (Å²) < 4.78 is 10.2. The number of likely N-dealkylation sites (tertiary alicyclic amines) is 1. The molecule has 1 saturated heterocycles. The van der Waals surface area contributed by atoms with E-state index >= 15 is 0 Å². The first-order valence-corrected chi connectivity index (χ1v) is 10.1. The van der Waals surface area contributed by atoms with Crippen LogP contribution in [0.15, 0.2) is 12.3 Å². The van der Waals surface area contributed by atoms with E-state index in [1.807, 2.05) is 27.7 Å². The molecule has 0 aliphatic carbocycles. The third-order valence-corrected chi connectivity index (χ3v) is 5.07. The average molecular weight is 420 g/mol. The van der Waals surface area contributed by atoms with Crippen LogP contribution < -0.4 is 5.32 Å². The van der Waals surface area contributed by atoms with E-state index in [2.05, 4.69) is 20.3 Å². The van der Waals surface area contributed by atoms with Crippen molar-refractivity contribution in [2.45, 2.75) is 52.2 Å². The second-order valence-corrected chi connectivity index (χ2v) is 8.76. The zero-order chi connectivity index (χ0) is 21.2. The molecule has 1 fully saturated rings. The Morgan fingerprint density at radius 3 is 2.76 bits per heavy atom. The van der Waals surface area contributed by atoms with Gasteiger partial charge in [0.05, 0.1) is 19.3 Å². The zero-order valence-corrected chi connectivity index (χ0v) is 18.0. The summed E-state index contributed by atoms with van der Waals surface area (Å²) in [4.78, 5) is 39.6. The Hall–Kier alpha value is -2.75. The minimum atomic E-state index is -0.563. The number of hydrogen-bond donors (Lipinski definition) is 1. The predicted molar refractivity (Wildman–Crippen MR) is 108 cm³/mol. The van der Waals surface area contributed by atoms with Crippen LogP contribution in [0.5, 0.6) is 0 Å². The molecule has 0 aromatic carbocycles. The molecule has 9 nitrogen and oxygen atoms in total. The molecule has 0 saturated carbocycles. The molecule has 0 bridgehead atoms. The van der Waals surface area contributed by atoms with E-state index in [4.69, 9.17) is 9.47 Å². The number of thiazole rings is 1. The van der Waals surface area contributed by atoms with Crippen LogP contribution in [-0.4, -0.2) is 51.2 Å². The van der Waals surface area contributed by atoms with Gasteiger partial charge in [0.1, 0.15) is 16.3 Å². The number of carbonyl (C=O) groups excluding carboxylic acids is 2. The van der Waals surface area contributed by atoms with Gasteiger partial charge in [-0.25, -0.2) is 24.5 Å². The summed E-state index contributed by atoms with van der Waals surface area (Å²) in [6, 6.07) is 1.54. The van der Waals surface area contributed by atoms with Gasteiger partial charge in [-0.05, 0) is 40.5 Å². The lowest BCUT2D eigenvalue weighted by molar-refractivity contribution is 0.0218. The van der Waals surface area contributed by atoms with Gasteiger partial charge in [0.25, 0.3) is 0 Å². The smallest absolute Gasteiger partial charge is 0.410 e. The zero-order valence-electron chi connectivity index (χ0n) is 17.2. The molecule has 0 radical (unpaired) electrons. The van der Waals surface area contributed by atoms with Gasteiger partial charge in [-0.1, -0.05) is 11.3 Å². The van der Waals surface area contributed by atoms with Crippen molar-refractivity contribution in [3.8, 4) is 0 Å². The van der Waals surface area contributed by atoms with Gasteiger partial charge in [0, 0.05) is 18.3 Å². The van der Waals surface area contributed by atoms with Crippen molar-refractivity contribution >= 4 is 34.3 Å². The maximum absolute atomic E-state index is 12.6. The lowest BCUT2D eigenvalue weighted by Crippen LogP contribution is -2.37. The van der Waals surface area contributed by atoms with Gasteiger partial charge in [-0.15, -0.1) is 0 Å². The molecule has 1 aliphatic heterocycles. The number of methoxy groups -OCH3 is 1. The predicted octanol–water partition coefficient (Wildman–Crippen LogP) is 3.84. The van der Waals surface area contributed by atoms with Crippen LogP contribution in [0.4, 0.5) is 15.7 Å². The Bertz CT molecular complexity index is 908. The van der Waals surface area contributed by atoms with Crippen molar-refractivity contribution < 1.29 is 19.1 Å². The molecule has 1 amide bonds. The van der Waals surface area contributed by atoms with Gasteiger partial charge in [0.2, 0.25) is 0 Å². The van der Waals surface area contributed by atoms with Crippen LogP contribution in [-0.2, 0) is 9.47 Å². The van der Waals surface area contributed by atoms with Crippen LogP contribution in [0.1, 0.15) is 60.8 Å². The summed E-state index contributed by atoms with van der Waals surface area (Å²) in [5.41, 5.74) is 0.199. The standard InChI is InChI=1S/C19H25N5O4S/c1-11-9-14(23-17-20-10-13(29-17)16(25)27-5)22-15(21-11)12-7-6-8-24(12)18(26)28-19(2,3)4/h9-10,12H,6-8H2,1-5H3,(H,20,21,22,23). The van der Waals surface area contributed by atoms with Gasteiger partial charge in [0.15, 0.2) is 11.0 Å². The number of hydrogen-bond acceptors (Lipinski definition) is 9. The van der Waals surface area contributed by atoms with Gasteiger partial charge in [-0.3, -0.25) is 4.90 Å². The van der Waals surface area contributed by atoms with Crippen LogP contribution in [0.3, 0.4) is 0 Å². The fraction of sp³-hybridized carbons (Fsp3) is 0.526. The second kappa shape index (κ2) is 8.32. The number of rotatable bonds is 4. The lowest BCUT2D eigenvalue weighted by Gasteiger charge is -2.28. The molecule has 2 aromatic rings. The van der Waals surface area contributed by atoms with Gasteiger partial charge < -0.3 is 14.8 Å². The molecule has 1 aliphatic rings. The van der Waals surface area contributed by atoms with Gasteiger partial charge >= 0.3 is 12.1 Å². The van der Waals surface area contributed by atoms with Gasteiger partial charge in [-0.2, -0.15) is 0 Å². The first kappa shape index (κ1) is 21.0. The van der Waals surface area contributed by atoms with E-state index < -0.39 is 11.6 Å². The molecule has 10 heteroatoms. The number of aryl methyl sites for hydroxylation is 1. The first-order chi connectivity index (χ1) is 13.7. The number of esters is 1. The number of amides is 1. The SMILES string of the molecule is COC(=O)c1cnc(Nc2cc(C)nc(C3CCCN3C(=O)OC(C)(C)C)n2)s1. The molecule has 3 rings (SSSR count). The Labute approximate surface area is 173 Å². The van der Waals surface area contributed by atoms with Crippen molar-refractivity contribution in [2.24, 2.45) is 0 Å². The number of nitrogens with zero attached hydrogens (tertiary/aromatic N) is 4. The molecule has 0 spiro atoms. The van der Waals surface area contributed by atoms with Crippen molar-refractivity contribution in [1.82, 2.24) is 19.9 Å². The summed E-state index contributed by atoms with van der Waals surface area (Å²) in [5, 5.41) is 3.62. The summed E-state index contributed by atoms with van der Waals surface area (Å²) in [7, 11) is 1.33. The Morgan fingerprint density at radius 1 is 1.31 bits per heavy atom. The molecular formula is C19H25N5O4S. The highest BCUT2D eigenvalue weighted by molar-refractivity contribution is 7.17. The van der Waals surface area contributed by atoms with Crippen LogP contribution >= 0.6 is 11.3 Å². The van der Waals surface area contributed by atoms with E-state index in [-0.39, 0.29) is 12.1 Å². The molecule has 1 unspecified atom stereocenters. The fourth-order valence-corrected chi connectivity index (χ4v) is 3.76. The summed E-state index contributed by atoms with van der Waals surface area (Å²) >= 11 is 1.17. The highest BCUT2D eigenvalue weighted by atomic mass is 32.1. The quantitative estimate of drug-likeness (QED) is 0.745.